The zero-order valence-electron chi connectivity index (χ0n) is 8.88. The van der Waals surface area contributed by atoms with Crippen LogP contribution in [-0.2, 0) is 0 Å². The molecule has 0 amide bonds. The topological polar surface area (TPSA) is 76.5 Å². The van der Waals surface area contributed by atoms with Gasteiger partial charge in [0.1, 0.15) is 11.1 Å². The molecule has 3 aromatic rings. The van der Waals surface area contributed by atoms with Crippen LogP contribution in [-0.4, -0.2) is 16.1 Å². The van der Waals surface area contributed by atoms with Gasteiger partial charge in [-0.1, -0.05) is 6.07 Å². The molecule has 3 rings (SSSR count). The molecule has 0 aliphatic heterocycles. The first-order valence-electron chi connectivity index (χ1n) is 5.03. The molecule has 1 aromatic carbocycles. The zero-order chi connectivity index (χ0) is 12.7. The number of aromatic nitrogens is 1. The summed E-state index contributed by atoms with van der Waals surface area (Å²) in [6.07, 6.45) is 1.41. The van der Waals surface area contributed by atoms with Crippen LogP contribution in [0.2, 0.25) is 5.22 Å². The Hall–Kier alpha value is -2.27. The van der Waals surface area contributed by atoms with E-state index in [4.69, 9.17) is 25.5 Å². The zero-order valence-corrected chi connectivity index (χ0v) is 9.64. The van der Waals surface area contributed by atoms with Gasteiger partial charge < -0.3 is 13.9 Å². The molecule has 0 aliphatic carbocycles. The third-order valence-electron chi connectivity index (χ3n) is 2.49. The largest absolute Gasteiger partial charge is 0.478 e. The van der Waals surface area contributed by atoms with Gasteiger partial charge in [-0.3, -0.25) is 0 Å². The van der Waals surface area contributed by atoms with E-state index in [1.54, 1.807) is 18.2 Å². The van der Waals surface area contributed by atoms with E-state index < -0.39 is 5.97 Å². The molecule has 0 radical (unpaired) electrons. The Morgan fingerprint density at radius 1 is 1.33 bits per heavy atom. The van der Waals surface area contributed by atoms with E-state index in [2.05, 4.69) is 4.98 Å². The monoisotopic (exact) mass is 263 g/mol. The predicted octanol–water partition coefficient (Wildman–Crippen LogP) is 3.44. The second-order valence-corrected chi connectivity index (χ2v) is 3.93. The summed E-state index contributed by atoms with van der Waals surface area (Å²) in [6.45, 7) is 0. The van der Waals surface area contributed by atoms with Crippen molar-refractivity contribution in [1.82, 2.24) is 4.98 Å². The Kier molecular flexibility index (Phi) is 2.34. The molecule has 18 heavy (non-hydrogen) atoms. The Labute approximate surface area is 106 Å². The van der Waals surface area contributed by atoms with Crippen LogP contribution < -0.4 is 0 Å². The fourth-order valence-electron chi connectivity index (χ4n) is 1.68. The van der Waals surface area contributed by atoms with Gasteiger partial charge in [0.15, 0.2) is 5.58 Å². The molecular formula is C12H6ClNO4. The number of halogens is 1. The van der Waals surface area contributed by atoms with Gasteiger partial charge in [0.05, 0.1) is 11.8 Å². The minimum atomic E-state index is -1.07. The molecule has 5 nitrogen and oxygen atoms in total. The number of rotatable bonds is 2. The van der Waals surface area contributed by atoms with Gasteiger partial charge in [-0.15, -0.1) is 0 Å². The van der Waals surface area contributed by atoms with Crippen molar-refractivity contribution in [3.8, 4) is 11.5 Å². The number of hydrogen-bond donors (Lipinski definition) is 1. The van der Waals surface area contributed by atoms with Crippen LogP contribution in [0.3, 0.4) is 0 Å². The maximum atomic E-state index is 11.0. The number of carboxylic acid groups (broad SMARTS) is 1. The summed E-state index contributed by atoms with van der Waals surface area (Å²) in [5, 5.41) is 9.20. The summed E-state index contributed by atoms with van der Waals surface area (Å²) >= 11 is 5.82. The molecule has 0 fully saturated rings. The second-order valence-electron chi connectivity index (χ2n) is 3.59. The van der Waals surface area contributed by atoms with Gasteiger partial charge in [-0.05, 0) is 29.8 Å². The normalized spacial score (nSPS) is 10.9. The van der Waals surface area contributed by atoms with Crippen LogP contribution in [0, 0.1) is 0 Å². The molecule has 6 heteroatoms. The first kappa shape index (κ1) is 10.9. The lowest BCUT2D eigenvalue weighted by Crippen LogP contribution is -1.95. The molecule has 0 atom stereocenters. The maximum Gasteiger partial charge on any atom is 0.339 e. The van der Waals surface area contributed by atoms with E-state index in [0.29, 0.717) is 11.1 Å². The summed E-state index contributed by atoms with van der Waals surface area (Å²) in [5.74, 6) is -0.834. The number of nitrogens with zero attached hydrogens (tertiary/aromatic N) is 1. The van der Waals surface area contributed by atoms with E-state index >= 15 is 0 Å². The Morgan fingerprint density at radius 3 is 2.83 bits per heavy atom. The predicted molar refractivity (Wildman–Crippen MR) is 63.7 cm³/mol. The van der Waals surface area contributed by atoms with Crippen molar-refractivity contribution < 1.29 is 18.7 Å². The first-order valence-corrected chi connectivity index (χ1v) is 5.41. The van der Waals surface area contributed by atoms with E-state index in [1.165, 1.54) is 12.3 Å². The lowest BCUT2D eigenvalue weighted by atomic mass is 10.2. The van der Waals surface area contributed by atoms with Crippen LogP contribution in [0.25, 0.3) is 22.6 Å². The first-order chi connectivity index (χ1) is 8.66. The van der Waals surface area contributed by atoms with Crippen molar-refractivity contribution in [2.75, 3.05) is 0 Å². The molecule has 0 saturated carbocycles. The SMILES string of the molecule is O=C(O)c1cccc2nc(-c3ccoc3Cl)oc12. The molecule has 0 spiro atoms. The van der Waals surface area contributed by atoms with Gasteiger partial charge in [0, 0.05) is 0 Å². The number of hydrogen-bond acceptors (Lipinski definition) is 4. The lowest BCUT2D eigenvalue weighted by molar-refractivity contribution is 0.0698. The number of furan rings is 1. The Morgan fingerprint density at radius 2 is 2.17 bits per heavy atom. The standard InChI is InChI=1S/C12H6ClNO4/c13-10-7(4-5-17-10)11-14-8-3-1-2-6(12(15)16)9(8)18-11/h1-5H,(H,15,16). The quantitative estimate of drug-likeness (QED) is 0.766. The molecule has 0 aliphatic rings. The van der Waals surface area contributed by atoms with Crippen LogP contribution in [0.15, 0.2) is 39.4 Å². The van der Waals surface area contributed by atoms with E-state index in [9.17, 15) is 4.79 Å². The van der Waals surface area contributed by atoms with Crippen molar-refractivity contribution in [3.05, 3.63) is 41.3 Å². The van der Waals surface area contributed by atoms with Crippen molar-refractivity contribution in [3.63, 3.8) is 0 Å². The summed E-state index contributed by atoms with van der Waals surface area (Å²) in [7, 11) is 0. The summed E-state index contributed by atoms with van der Waals surface area (Å²) in [4.78, 5) is 15.2. The minimum Gasteiger partial charge on any atom is -0.478 e. The van der Waals surface area contributed by atoms with Crippen molar-refractivity contribution in [2.24, 2.45) is 0 Å². The fourth-order valence-corrected chi connectivity index (χ4v) is 1.87. The smallest absolute Gasteiger partial charge is 0.339 e. The van der Waals surface area contributed by atoms with E-state index in [-0.39, 0.29) is 22.3 Å². The van der Waals surface area contributed by atoms with Crippen LogP contribution in [0.1, 0.15) is 10.4 Å². The number of aromatic carboxylic acids is 1. The highest BCUT2D eigenvalue weighted by atomic mass is 35.5. The molecular weight excluding hydrogens is 258 g/mol. The molecule has 2 heterocycles. The van der Waals surface area contributed by atoms with Crippen molar-refractivity contribution in [2.45, 2.75) is 0 Å². The Bertz CT molecular complexity index is 743. The number of fused-ring (bicyclic) bond motifs is 1. The van der Waals surface area contributed by atoms with Crippen LogP contribution in [0.5, 0.6) is 0 Å². The van der Waals surface area contributed by atoms with Crippen molar-refractivity contribution in [1.29, 1.82) is 0 Å². The van der Waals surface area contributed by atoms with Gasteiger partial charge in [0.2, 0.25) is 11.1 Å². The maximum absolute atomic E-state index is 11.0. The second kappa shape index (κ2) is 3.89. The molecule has 90 valence electrons. The molecule has 2 aromatic heterocycles. The third kappa shape index (κ3) is 1.56. The Balaban J connectivity index is 2.26. The number of benzene rings is 1. The summed E-state index contributed by atoms with van der Waals surface area (Å²) < 4.78 is 10.4. The molecule has 1 N–H and O–H groups in total. The number of para-hydroxylation sites is 1. The summed E-state index contributed by atoms with van der Waals surface area (Å²) in [6, 6.07) is 6.34. The fraction of sp³-hybridized carbons (Fsp3) is 0. The highest BCUT2D eigenvalue weighted by Gasteiger charge is 2.17. The minimum absolute atomic E-state index is 0.0610. The van der Waals surface area contributed by atoms with Gasteiger partial charge in [-0.25, -0.2) is 9.78 Å². The highest BCUT2D eigenvalue weighted by molar-refractivity contribution is 6.31. The average Bonchev–Trinajstić information content (AvgIpc) is 2.92. The van der Waals surface area contributed by atoms with Crippen molar-refractivity contribution >= 4 is 28.7 Å². The van der Waals surface area contributed by atoms with Crippen LogP contribution in [0.4, 0.5) is 0 Å². The number of oxazole rings is 1. The highest BCUT2D eigenvalue weighted by Crippen LogP contribution is 2.31. The van der Waals surface area contributed by atoms with Gasteiger partial charge >= 0.3 is 5.97 Å². The molecule has 0 saturated heterocycles. The summed E-state index contributed by atoms with van der Waals surface area (Å²) in [5.41, 5.74) is 1.23. The van der Waals surface area contributed by atoms with Gasteiger partial charge in [0.25, 0.3) is 0 Å². The van der Waals surface area contributed by atoms with Gasteiger partial charge in [-0.2, -0.15) is 0 Å². The number of carbonyl (C=O) groups is 1. The van der Waals surface area contributed by atoms with E-state index in [0.717, 1.165) is 0 Å². The number of carboxylic acids is 1. The molecule has 0 bridgehead atoms. The average molecular weight is 264 g/mol. The van der Waals surface area contributed by atoms with Crippen LogP contribution >= 0.6 is 11.6 Å². The third-order valence-corrected chi connectivity index (χ3v) is 2.79. The van der Waals surface area contributed by atoms with E-state index in [1.807, 2.05) is 0 Å². The molecule has 0 unspecified atom stereocenters. The lowest BCUT2D eigenvalue weighted by Gasteiger charge is -1.93.